The van der Waals surface area contributed by atoms with Gasteiger partial charge in [0.05, 0.1) is 17.8 Å². The van der Waals surface area contributed by atoms with E-state index in [0.717, 1.165) is 5.69 Å². The molecular formula is C10H19N3O2. The second kappa shape index (κ2) is 3.73. The molecule has 0 unspecified atom stereocenters. The molecule has 0 aromatic carbocycles. The molecule has 0 saturated heterocycles. The molecule has 0 amide bonds. The summed E-state index contributed by atoms with van der Waals surface area (Å²) < 4.78 is 8.42. The van der Waals surface area contributed by atoms with Crippen molar-refractivity contribution in [2.24, 2.45) is 7.05 Å². The van der Waals surface area contributed by atoms with Crippen LogP contribution in [-0.2, 0) is 23.9 Å². The molecule has 0 atom stereocenters. The van der Waals surface area contributed by atoms with Gasteiger partial charge in [0.15, 0.2) is 0 Å². The van der Waals surface area contributed by atoms with E-state index in [1.165, 1.54) is 0 Å². The van der Waals surface area contributed by atoms with Crippen LogP contribution in [-0.4, -0.2) is 16.5 Å². The van der Waals surface area contributed by atoms with Crippen LogP contribution in [0.1, 0.15) is 26.5 Å². The van der Waals surface area contributed by atoms with E-state index in [1.54, 1.807) is 16.5 Å². The minimum atomic E-state index is -0.286. The minimum Gasteiger partial charge on any atom is -0.393 e. The molecule has 1 aromatic rings. The van der Waals surface area contributed by atoms with Gasteiger partial charge in [-0.1, -0.05) is 0 Å². The maximum atomic E-state index is 11.9. The molecule has 0 radical (unpaired) electrons. The monoisotopic (exact) mass is 213 g/mol. The zero-order chi connectivity index (χ0) is 11.8. The maximum Gasteiger partial charge on any atom is 0.290 e. The first-order chi connectivity index (χ1) is 6.80. The molecule has 15 heavy (non-hydrogen) atoms. The molecule has 86 valence electrons. The van der Waals surface area contributed by atoms with Gasteiger partial charge in [-0.15, -0.1) is 0 Å². The van der Waals surface area contributed by atoms with Gasteiger partial charge in [-0.3, -0.25) is 9.48 Å². The van der Waals surface area contributed by atoms with E-state index in [-0.39, 0.29) is 16.8 Å². The van der Waals surface area contributed by atoms with Crippen molar-refractivity contribution in [2.75, 3.05) is 12.8 Å². The molecule has 5 nitrogen and oxygen atoms in total. The third kappa shape index (κ3) is 1.92. The third-order valence-electron chi connectivity index (χ3n) is 2.34. The predicted molar refractivity (Wildman–Crippen MR) is 59.8 cm³/mol. The van der Waals surface area contributed by atoms with Gasteiger partial charge in [0, 0.05) is 14.2 Å². The smallest absolute Gasteiger partial charge is 0.290 e. The standard InChI is InChI=1S/C10H19N3O2/c1-10(2,3)13-9(14)8(11)7(6-15-5)12(13)4/h6,11H2,1-5H3. The maximum absolute atomic E-state index is 11.9. The molecule has 1 heterocycles. The van der Waals surface area contributed by atoms with E-state index in [1.807, 2.05) is 27.8 Å². The van der Waals surface area contributed by atoms with E-state index in [0.29, 0.717) is 6.61 Å². The Kier molecular flexibility index (Phi) is 2.95. The van der Waals surface area contributed by atoms with Gasteiger partial charge < -0.3 is 10.5 Å². The van der Waals surface area contributed by atoms with Gasteiger partial charge in [-0.05, 0) is 20.8 Å². The molecule has 0 aliphatic carbocycles. The summed E-state index contributed by atoms with van der Waals surface area (Å²) in [6.07, 6.45) is 0. The van der Waals surface area contributed by atoms with Crippen LogP contribution in [0.4, 0.5) is 5.69 Å². The van der Waals surface area contributed by atoms with Crippen LogP contribution in [0.2, 0.25) is 0 Å². The zero-order valence-corrected chi connectivity index (χ0v) is 10.00. The van der Waals surface area contributed by atoms with Crippen LogP contribution in [0.25, 0.3) is 0 Å². The van der Waals surface area contributed by atoms with Crippen LogP contribution in [0.5, 0.6) is 0 Å². The van der Waals surface area contributed by atoms with Crippen LogP contribution in [0.15, 0.2) is 4.79 Å². The van der Waals surface area contributed by atoms with Crippen molar-refractivity contribution in [1.29, 1.82) is 0 Å². The summed E-state index contributed by atoms with van der Waals surface area (Å²) in [5.74, 6) is 0. The molecule has 0 bridgehead atoms. The molecule has 0 aliphatic heterocycles. The van der Waals surface area contributed by atoms with Crippen molar-refractivity contribution in [2.45, 2.75) is 32.9 Å². The summed E-state index contributed by atoms with van der Waals surface area (Å²) in [4.78, 5) is 11.9. The Bertz CT molecular complexity index is 410. The zero-order valence-electron chi connectivity index (χ0n) is 10.00. The molecule has 0 saturated carbocycles. The highest BCUT2D eigenvalue weighted by Gasteiger charge is 2.23. The minimum absolute atomic E-state index is 0.156. The van der Waals surface area contributed by atoms with Gasteiger partial charge in [-0.25, -0.2) is 4.68 Å². The molecule has 1 aromatic heterocycles. The van der Waals surface area contributed by atoms with Crippen molar-refractivity contribution in [3.63, 3.8) is 0 Å². The summed E-state index contributed by atoms with van der Waals surface area (Å²) in [7, 11) is 3.40. The molecule has 1 rings (SSSR count). The van der Waals surface area contributed by atoms with Crippen molar-refractivity contribution >= 4 is 5.69 Å². The van der Waals surface area contributed by atoms with Gasteiger partial charge in [0.25, 0.3) is 5.56 Å². The highest BCUT2D eigenvalue weighted by atomic mass is 16.5. The lowest BCUT2D eigenvalue weighted by Gasteiger charge is -2.23. The van der Waals surface area contributed by atoms with Crippen LogP contribution < -0.4 is 11.3 Å². The number of hydrogen-bond donors (Lipinski definition) is 1. The van der Waals surface area contributed by atoms with Gasteiger partial charge in [0.2, 0.25) is 0 Å². The Labute approximate surface area is 89.4 Å². The first-order valence-corrected chi connectivity index (χ1v) is 4.86. The quantitative estimate of drug-likeness (QED) is 0.785. The second-order valence-corrected chi connectivity index (χ2v) is 4.60. The Balaban J connectivity index is 3.44. The van der Waals surface area contributed by atoms with E-state index < -0.39 is 0 Å². The fraction of sp³-hybridized carbons (Fsp3) is 0.700. The van der Waals surface area contributed by atoms with Crippen molar-refractivity contribution in [3.05, 3.63) is 16.0 Å². The molecule has 0 spiro atoms. The number of nitrogen functional groups attached to an aromatic ring is 1. The van der Waals surface area contributed by atoms with E-state index >= 15 is 0 Å². The molecular weight excluding hydrogens is 194 g/mol. The number of nitrogens with two attached hydrogens (primary N) is 1. The number of rotatable bonds is 2. The average Bonchev–Trinajstić information content (AvgIpc) is 2.29. The normalized spacial score (nSPS) is 12.1. The SMILES string of the molecule is COCc1c(N)c(=O)n(C(C)(C)C)n1C. The highest BCUT2D eigenvalue weighted by molar-refractivity contribution is 5.41. The number of aromatic nitrogens is 2. The number of nitrogens with zero attached hydrogens (tertiary/aromatic N) is 2. The number of ether oxygens (including phenoxy) is 1. The number of hydrogen-bond acceptors (Lipinski definition) is 3. The summed E-state index contributed by atoms with van der Waals surface area (Å²) in [5, 5.41) is 0. The fourth-order valence-electron chi connectivity index (χ4n) is 1.73. The molecule has 0 aliphatic rings. The number of anilines is 1. The molecule has 0 fully saturated rings. The lowest BCUT2D eigenvalue weighted by Crippen LogP contribution is -2.36. The second-order valence-electron chi connectivity index (χ2n) is 4.60. The Morgan fingerprint density at radius 1 is 1.40 bits per heavy atom. The van der Waals surface area contributed by atoms with E-state index in [2.05, 4.69) is 0 Å². The van der Waals surface area contributed by atoms with Crippen LogP contribution in [0, 0.1) is 0 Å². The van der Waals surface area contributed by atoms with Gasteiger partial charge in [0.1, 0.15) is 5.69 Å². The van der Waals surface area contributed by atoms with Crippen LogP contribution in [0.3, 0.4) is 0 Å². The highest BCUT2D eigenvalue weighted by Crippen LogP contribution is 2.16. The summed E-state index contributed by atoms with van der Waals surface area (Å²) >= 11 is 0. The first-order valence-electron chi connectivity index (χ1n) is 4.86. The summed E-state index contributed by atoms with van der Waals surface area (Å²) in [5.41, 5.74) is 6.30. The van der Waals surface area contributed by atoms with Crippen molar-refractivity contribution in [3.8, 4) is 0 Å². The van der Waals surface area contributed by atoms with Crippen LogP contribution >= 0.6 is 0 Å². The largest absolute Gasteiger partial charge is 0.393 e. The molecule has 2 N–H and O–H groups in total. The molecule has 5 heteroatoms. The number of methoxy groups -OCH3 is 1. The Morgan fingerprint density at radius 3 is 2.27 bits per heavy atom. The Hall–Kier alpha value is -1.23. The Morgan fingerprint density at radius 2 is 1.93 bits per heavy atom. The average molecular weight is 213 g/mol. The summed E-state index contributed by atoms with van der Waals surface area (Å²) in [6, 6.07) is 0. The van der Waals surface area contributed by atoms with Crippen molar-refractivity contribution in [1.82, 2.24) is 9.36 Å². The lowest BCUT2D eigenvalue weighted by atomic mass is 10.1. The first kappa shape index (κ1) is 11.8. The fourth-order valence-corrected chi connectivity index (χ4v) is 1.73. The van der Waals surface area contributed by atoms with E-state index in [4.69, 9.17) is 10.5 Å². The van der Waals surface area contributed by atoms with Gasteiger partial charge >= 0.3 is 0 Å². The summed E-state index contributed by atoms with van der Waals surface area (Å²) in [6.45, 7) is 6.24. The van der Waals surface area contributed by atoms with Gasteiger partial charge in [-0.2, -0.15) is 0 Å². The lowest BCUT2D eigenvalue weighted by molar-refractivity contribution is 0.173. The topological polar surface area (TPSA) is 62.2 Å². The van der Waals surface area contributed by atoms with Crippen molar-refractivity contribution < 1.29 is 4.74 Å². The third-order valence-corrected chi connectivity index (χ3v) is 2.34. The van der Waals surface area contributed by atoms with E-state index in [9.17, 15) is 4.79 Å². The predicted octanol–water partition coefficient (Wildman–Crippen LogP) is 0.670.